The number of aliphatic hydroxyl groups excluding tert-OH is 1. The number of benzene rings is 1. The van der Waals surface area contributed by atoms with E-state index in [4.69, 9.17) is 9.47 Å². The van der Waals surface area contributed by atoms with Crippen LogP contribution in [0.3, 0.4) is 0 Å². The van der Waals surface area contributed by atoms with Crippen molar-refractivity contribution < 1.29 is 19.4 Å². The Hall–Kier alpha value is -1.75. The second kappa shape index (κ2) is 7.63. The topological polar surface area (TPSA) is 67.8 Å². The second-order valence-corrected chi connectivity index (χ2v) is 4.37. The number of rotatable bonds is 7. The highest BCUT2D eigenvalue weighted by Gasteiger charge is 2.14. The molecule has 0 aromatic heterocycles. The fourth-order valence-electron chi connectivity index (χ4n) is 1.64. The quantitative estimate of drug-likeness (QED) is 0.782. The molecule has 1 rings (SSSR count). The maximum atomic E-state index is 10.8. The standard InChI is InChI=1S/C14H21NO4/c1-10(15-11(2)16)14(17)8-9-19-13-6-4-12(18-3)5-7-13/h4-7,10,14,17H,8-9H2,1-3H3,(H,15,16)/t10-,14-/m1/s1. The zero-order chi connectivity index (χ0) is 14.3. The Balaban J connectivity index is 2.30. The summed E-state index contributed by atoms with van der Waals surface area (Å²) in [5, 5.41) is 12.5. The largest absolute Gasteiger partial charge is 0.497 e. The van der Waals surface area contributed by atoms with Gasteiger partial charge in [0.2, 0.25) is 5.91 Å². The van der Waals surface area contributed by atoms with E-state index < -0.39 is 6.10 Å². The molecule has 1 amide bonds. The number of hydrogen-bond acceptors (Lipinski definition) is 4. The van der Waals surface area contributed by atoms with Gasteiger partial charge in [0.1, 0.15) is 11.5 Å². The number of ether oxygens (including phenoxy) is 2. The first-order valence-corrected chi connectivity index (χ1v) is 6.25. The molecule has 0 unspecified atom stereocenters. The van der Waals surface area contributed by atoms with Gasteiger partial charge in [-0.3, -0.25) is 4.79 Å². The summed E-state index contributed by atoms with van der Waals surface area (Å²) in [6.45, 7) is 3.58. The molecule has 1 aromatic carbocycles. The molecule has 0 bridgehead atoms. The first-order chi connectivity index (χ1) is 9.02. The Bertz CT molecular complexity index is 391. The molecule has 0 aliphatic carbocycles. The number of amides is 1. The van der Waals surface area contributed by atoms with Crippen LogP contribution in [0.25, 0.3) is 0 Å². The van der Waals surface area contributed by atoms with Crippen molar-refractivity contribution in [3.05, 3.63) is 24.3 Å². The zero-order valence-electron chi connectivity index (χ0n) is 11.6. The molecule has 2 N–H and O–H groups in total. The Kier molecular flexibility index (Phi) is 6.15. The molecule has 5 heteroatoms. The van der Waals surface area contributed by atoms with Crippen LogP contribution in [0.1, 0.15) is 20.3 Å². The van der Waals surface area contributed by atoms with Crippen molar-refractivity contribution in [3.63, 3.8) is 0 Å². The number of carbonyl (C=O) groups excluding carboxylic acids is 1. The maximum absolute atomic E-state index is 10.8. The molecule has 106 valence electrons. The predicted octanol–water partition coefficient (Wildman–Crippen LogP) is 1.35. The van der Waals surface area contributed by atoms with Crippen LogP contribution in [0.15, 0.2) is 24.3 Å². The van der Waals surface area contributed by atoms with Crippen LogP contribution in [0.5, 0.6) is 11.5 Å². The number of methoxy groups -OCH3 is 1. The minimum absolute atomic E-state index is 0.150. The van der Waals surface area contributed by atoms with Gasteiger partial charge in [-0.25, -0.2) is 0 Å². The fourth-order valence-corrected chi connectivity index (χ4v) is 1.64. The van der Waals surface area contributed by atoms with Crippen molar-refractivity contribution >= 4 is 5.91 Å². The Morgan fingerprint density at radius 3 is 2.42 bits per heavy atom. The van der Waals surface area contributed by atoms with Crippen LogP contribution in [-0.2, 0) is 4.79 Å². The van der Waals surface area contributed by atoms with Crippen molar-refractivity contribution in [3.8, 4) is 11.5 Å². The Morgan fingerprint density at radius 2 is 1.89 bits per heavy atom. The van der Waals surface area contributed by atoms with Crippen molar-refractivity contribution in [1.82, 2.24) is 5.32 Å². The normalized spacial score (nSPS) is 13.5. The smallest absolute Gasteiger partial charge is 0.217 e. The van der Waals surface area contributed by atoms with Crippen LogP contribution < -0.4 is 14.8 Å². The molecule has 0 saturated heterocycles. The van der Waals surface area contributed by atoms with Gasteiger partial charge in [-0.05, 0) is 31.2 Å². The molecular weight excluding hydrogens is 246 g/mol. The average molecular weight is 267 g/mol. The van der Waals surface area contributed by atoms with Gasteiger partial charge in [0, 0.05) is 13.3 Å². The molecule has 0 heterocycles. The van der Waals surface area contributed by atoms with Gasteiger partial charge in [-0.15, -0.1) is 0 Å². The summed E-state index contributed by atoms with van der Waals surface area (Å²) in [7, 11) is 1.61. The number of hydrogen-bond donors (Lipinski definition) is 2. The monoisotopic (exact) mass is 267 g/mol. The van der Waals surface area contributed by atoms with Crippen LogP contribution in [-0.4, -0.2) is 36.9 Å². The second-order valence-electron chi connectivity index (χ2n) is 4.37. The molecule has 2 atom stereocenters. The lowest BCUT2D eigenvalue weighted by atomic mass is 10.1. The molecular formula is C14H21NO4. The number of nitrogens with one attached hydrogen (secondary N) is 1. The highest BCUT2D eigenvalue weighted by Crippen LogP contribution is 2.17. The highest BCUT2D eigenvalue weighted by atomic mass is 16.5. The average Bonchev–Trinajstić information content (AvgIpc) is 2.38. The third kappa shape index (κ3) is 5.61. The van der Waals surface area contributed by atoms with Crippen LogP contribution in [0, 0.1) is 0 Å². The third-order valence-electron chi connectivity index (χ3n) is 2.75. The van der Waals surface area contributed by atoms with Crippen LogP contribution in [0.4, 0.5) is 0 Å². The van der Waals surface area contributed by atoms with Crippen molar-refractivity contribution in [2.24, 2.45) is 0 Å². The summed E-state index contributed by atoms with van der Waals surface area (Å²) in [4.78, 5) is 10.8. The maximum Gasteiger partial charge on any atom is 0.217 e. The molecule has 0 aliphatic heterocycles. The van der Waals surface area contributed by atoms with E-state index in [0.717, 1.165) is 11.5 Å². The molecule has 19 heavy (non-hydrogen) atoms. The van der Waals surface area contributed by atoms with Crippen molar-refractivity contribution in [2.45, 2.75) is 32.4 Å². The summed E-state index contributed by atoms with van der Waals surface area (Å²) in [5.74, 6) is 1.34. The lowest BCUT2D eigenvalue weighted by molar-refractivity contribution is -0.120. The fraction of sp³-hybridized carbons (Fsp3) is 0.500. The SMILES string of the molecule is COc1ccc(OCC[C@@H](O)[C@@H](C)NC(C)=O)cc1. The first kappa shape index (κ1) is 15.3. The van der Waals surface area contributed by atoms with Crippen molar-refractivity contribution in [2.75, 3.05) is 13.7 Å². The summed E-state index contributed by atoms with van der Waals surface area (Å²) in [6.07, 6.45) is -0.171. The first-order valence-electron chi connectivity index (χ1n) is 6.25. The molecule has 0 fully saturated rings. The molecule has 5 nitrogen and oxygen atoms in total. The van der Waals surface area contributed by atoms with Crippen LogP contribution >= 0.6 is 0 Å². The Morgan fingerprint density at radius 1 is 1.32 bits per heavy atom. The summed E-state index contributed by atoms with van der Waals surface area (Å²) in [6, 6.07) is 6.96. The molecule has 0 aliphatic rings. The van der Waals surface area contributed by atoms with Gasteiger partial charge < -0.3 is 19.9 Å². The minimum atomic E-state index is -0.623. The van der Waals surface area contributed by atoms with Gasteiger partial charge in [-0.2, -0.15) is 0 Å². The van der Waals surface area contributed by atoms with E-state index in [2.05, 4.69) is 5.32 Å². The summed E-state index contributed by atoms with van der Waals surface area (Å²) >= 11 is 0. The molecule has 0 radical (unpaired) electrons. The van der Waals surface area contributed by atoms with E-state index in [-0.39, 0.29) is 11.9 Å². The highest BCUT2D eigenvalue weighted by molar-refractivity contribution is 5.73. The third-order valence-corrected chi connectivity index (χ3v) is 2.75. The number of aliphatic hydroxyl groups is 1. The van der Waals surface area contributed by atoms with Crippen LogP contribution in [0.2, 0.25) is 0 Å². The molecule has 0 spiro atoms. The van der Waals surface area contributed by atoms with Gasteiger partial charge in [0.15, 0.2) is 0 Å². The Labute approximate surface area is 113 Å². The van der Waals surface area contributed by atoms with E-state index in [1.165, 1.54) is 6.92 Å². The molecule has 0 saturated carbocycles. The van der Waals surface area contributed by atoms with E-state index >= 15 is 0 Å². The zero-order valence-corrected chi connectivity index (χ0v) is 11.6. The van der Waals surface area contributed by atoms with E-state index in [0.29, 0.717) is 13.0 Å². The van der Waals surface area contributed by atoms with E-state index in [1.807, 2.05) is 24.3 Å². The van der Waals surface area contributed by atoms with E-state index in [9.17, 15) is 9.90 Å². The summed E-state index contributed by atoms with van der Waals surface area (Å²) in [5.41, 5.74) is 0. The van der Waals surface area contributed by atoms with Gasteiger partial charge in [-0.1, -0.05) is 0 Å². The lowest BCUT2D eigenvalue weighted by Crippen LogP contribution is -2.40. The van der Waals surface area contributed by atoms with Crippen molar-refractivity contribution in [1.29, 1.82) is 0 Å². The van der Waals surface area contributed by atoms with Gasteiger partial charge in [0.25, 0.3) is 0 Å². The minimum Gasteiger partial charge on any atom is -0.497 e. The van der Waals surface area contributed by atoms with Gasteiger partial charge >= 0.3 is 0 Å². The lowest BCUT2D eigenvalue weighted by Gasteiger charge is -2.19. The number of carbonyl (C=O) groups is 1. The summed E-state index contributed by atoms with van der Waals surface area (Å²) < 4.78 is 10.5. The molecule has 1 aromatic rings. The predicted molar refractivity (Wildman–Crippen MR) is 72.4 cm³/mol. The van der Waals surface area contributed by atoms with Gasteiger partial charge in [0.05, 0.1) is 25.9 Å². The van der Waals surface area contributed by atoms with E-state index in [1.54, 1.807) is 14.0 Å².